The molecular weight excluding hydrogens is 699 g/mol. The Morgan fingerprint density at radius 2 is 0.966 bits per heavy atom. The van der Waals surface area contributed by atoms with E-state index in [2.05, 4.69) is 231 Å². The highest BCUT2D eigenvalue weighted by molar-refractivity contribution is 6.20. The Morgan fingerprint density at radius 1 is 0.448 bits per heavy atom. The summed E-state index contributed by atoms with van der Waals surface area (Å²) in [5, 5.41) is 0. The minimum absolute atomic E-state index is 0.354. The van der Waals surface area contributed by atoms with Gasteiger partial charge in [-0.25, -0.2) is 0 Å². The summed E-state index contributed by atoms with van der Waals surface area (Å²) in [7, 11) is 0. The standard InChI is InChI=1S/C57H45N/c1-3-40-37-50(33-35-52(40)44-20-12-6-13-21-44)58(49-31-28-43(29-32-49)41-16-8-4-9-17-41)57-54-38-53(55(56(54)57)47-22-14-7-15-23-47)46-26-24-45(25-27-46)51-34-30-48(36-39(51)2)42-18-10-5-11-19-42/h4-38,40,52H,3H2,1-2H3. The third-order valence-electron chi connectivity index (χ3n) is 12.1. The van der Waals surface area contributed by atoms with Crippen LogP contribution in [0.25, 0.3) is 66.8 Å². The van der Waals surface area contributed by atoms with Gasteiger partial charge in [0.25, 0.3) is 0 Å². The van der Waals surface area contributed by atoms with Crippen molar-refractivity contribution >= 4 is 11.4 Å². The molecule has 3 aliphatic rings. The lowest BCUT2D eigenvalue weighted by Crippen LogP contribution is -2.19. The van der Waals surface area contributed by atoms with Crippen molar-refractivity contribution in [2.24, 2.45) is 5.92 Å². The number of nitrogens with zero attached hydrogens (tertiary/aromatic N) is 1. The maximum atomic E-state index is 2.52. The predicted octanol–water partition coefficient (Wildman–Crippen LogP) is 15.7. The lowest BCUT2D eigenvalue weighted by atomic mass is 9.80. The molecule has 0 N–H and O–H groups in total. The zero-order valence-electron chi connectivity index (χ0n) is 33.0. The topological polar surface area (TPSA) is 3.24 Å². The fourth-order valence-electron chi connectivity index (χ4n) is 9.05. The molecule has 58 heavy (non-hydrogen) atoms. The van der Waals surface area contributed by atoms with E-state index in [4.69, 9.17) is 0 Å². The number of rotatable bonds is 10. The summed E-state index contributed by atoms with van der Waals surface area (Å²) in [5.74, 6) is 0.746. The maximum Gasteiger partial charge on any atom is 0.0626 e. The SMILES string of the molecule is CCC1C=C(N(c2ccc(-c3ccccc3)cc2)c2c3cc(-c4ccc(-c5ccc(-c6ccccc6)cc5C)cc4)c(-c4ccccc4)c2-3)C=CC1c1ccccc1. The average molecular weight is 744 g/mol. The van der Waals surface area contributed by atoms with Crippen molar-refractivity contribution in [3.63, 3.8) is 0 Å². The number of aryl methyl sites for hydroxylation is 1. The van der Waals surface area contributed by atoms with Gasteiger partial charge in [-0.3, -0.25) is 0 Å². The summed E-state index contributed by atoms with van der Waals surface area (Å²) in [6.45, 7) is 4.54. The highest BCUT2D eigenvalue weighted by Gasteiger charge is 2.38. The number of hydrogen-bond donors (Lipinski definition) is 0. The zero-order valence-corrected chi connectivity index (χ0v) is 33.0. The number of anilines is 2. The largest absolute Gasteiger partial charge is 0.310 e. The van der Waals surface area contributed by atoms with Gasteiger partial charge >= 0.3 is 0 Å². The van der Waals surface area contributed by atoms with Gasteiger partial charge in [0.1, 0.15) is 0 Å². The molecule has 7 aromatic carbocycles. The molecule has 0 bridgehead atoms. The summed E-state index contributed by atoms with van der Waals surface area (Å²) < 4.78 is 0. The van der Waals surface area contributed by atoms with Crippen LogP contribution in [0.3, 0.4) is 0 Å². The van der Waals surface area contributed by atoms with Crippen LogP contribution in [-0.2, 0) is 0 Å². The van der Waals surface area contributed by atoms with Gasteiger partial charge in [0.2, 0.25) is 0 Å². The van der Waals surface area contributed by atoms with Gasteiger partial charge in [0.15, 0.2) is 0 Å². The van der Waals surface area contributed by atoms with Crippen LogP contribution in [0.2, 0.25) is 0 Å². The number of fused-ring (bicyclic) bond motifs is 1. The second kappa shape index (κ2) is 15.2. The van der Waals surface area contributed by atoms with E-state index in [1.165, 1.54) is 95.0 Å². The molecule has 0 fully saturated rings. The van der Waals surface area contributed by atoms with Gasteiger partial charge in [-0.05, 0) is 110 Å². The van der Waals surface area contributed by atoms with Crippen molar-refractivity contribution in [2.45, 2.75) is 26.2 Å². The van der Waals surface area contributed by atoms with Crippen LogP contribution in [0.1, 0.15) is 30.4 Å². The van der Waals surface area contributed by atoms with E-state index in [1.807, 2.05) is 0 Å². The lowest BCUT2D eigenvalue weighted by molar-refractivity contribution is 0.554. The highest BCUT2D eigenvalue weighted by atomic mass is 15.2. The first-order chi connectivity index (χ1) is 28.6. The van der Waals surface area contributed by atoms with Crippen LogP contribution in [0, 0.1) is 12.8 Å². The van der Waals surface area contributed by atoms with Crippen molar-refractivity contribution in [2.75, 3.05) is 4.90 Å². The van der Waals surface area contributed by atoms with Crippen molar-refractivity contribution in [1.82, 2.24) is 0 Å². The molecule has 0 radical (unpaired) electrons. The first kappa shape index (κ1) is 35.5. The highest BCUT2D eigenvalue weighted by Crippen LogP contribution is 2.63. The quantitative estimate of drug-likeness (QED) is 0.135. The Labute approximate surface area is 342 Å². The molecule has 2 atom stereocenters. The predicted molar refractivity (Wildman–Crippen MR) is 246 cm³/mol. The molecule has 0 saturated heterocycles. The van der Waals surface area contributed by atoms with Crippen molar-refractivity contribution in [3.05, 3.63) is 229 Å². The summed E-state index contributed by atoms with van der Waals surface area (Å²) in [4.78, 5) is 2.51. The zero-order chi connectivity index (χ0) is 39.0. The molecule has 0 saturated carbocycles. The van der Waals surface area contributed by atoms with Gasteiger partial charge < -0.3 is 4.90 Å². The van der Waals surface area contributed by atoms with Crippen LogP contribution in [0.15, 0.2) is 218 Å². The first-order valence-electron chi connectivity index (χ1n) is 20.6. The minimum atomic E-state index is 0.354. The second-order valence-electron chi connectivity index (χ2n) is 15.6. The molecule has 1 nitrogen and oxygen atoms in total. The Bertz CT molecular complexity index is 2780. The third-order valence-corrected chi connectivity index (χ3v) is 12.1. The molecule has 278 valence electrons. The smallest absolute Gasteiger partial charge is 0.0626 e. The molecule has 2 unspecified atom stereocenters. The van der Waals surface area contributed by atoms with E-state index < -0.39 is 0 Å². The molecule has 0 spiro atoms. The third kappa shape index (κ3) is 6.59. The van der Waals surface area contributed by atoms with E-state index >= 15 is 0 Å². The number of hydrogen-bond acceptors (Lipinski definition) is 1. The summed E-state index contributed by atoms with van der Waals surface area (Å²) >= 11 is 0. The van der Waals surface area contributed by atoms with E-state index in [0.29, 0.717) is 11.8 Å². The Hall–Kier alpha value is -6.96. The normalized spacial score (nSPS) is 15.2. The molecular formula is C57H45N. The number of benzene rings is 8. The van der Waals surface area contributed by atoms with E-state index in [1.54, 1.807) is 0 Å². The molecule has 0 aliphatic heterocycles. The lowest BCUT2D eigenvalue weighted by Gasteiger charge is -2.31. The fraction of sp³-hybridized carbons (Fsp3) is 0.0877. The maximum absolute atomic E-state index is 2.52. The van der Waals surface area contributed by atoms with Crippen LogP contribution in [0.5, 0.6) is 0 Å². The number of allylic oxidation sites excluding steroid dienone is 3. The van der Waals surface area contributed by atoms with Gasteiger partial charge in [-0.15, -0.1) is 0 Å². The summed E-state index contributed by atoms with van der Waals surface area (Å²) in [5.41, 5.74) is 21.5. The van der Waals surface area contributed by atoms with Crippen LogP contribution < -0.4 is 4.90 Å². The summed E-state index contributed by atoms with van der Waals surface area (Å²) in [6.07, 6.45) is 8.37. The summed E-state index contributed by atoms with van der Waals surface area (Å²) in [6, 6.07) is 70.8. The fourth-order valence-corrected chi connectivity index (χ4v) is 9.05. The average Bonchev–Trinajstić information content (AvgIpc) is 3.83. The Kier molecular flexibility index (Phi) is 9.28. The molecule has 0 aromatic heterocycles. The minimum Gasteiger partial charge on any atom is -0.310 e. The molecule has 1 heteroatoms. The van der Waals surface area contributed by atoms with Gasteiger partial charge in [-0.1, -0.05) is 195 Å². The monoisotopic (exact) mass is 743 g/mol. The van der Waals surface area contributed by atoms with Gasteiger partial charge in [-0.2, -0.15) is 0 Å². The Balaban J connectivity index is 1.05. The van der Waals surface area contributed by atoms with E-state index in [9.17, 15) is 0 Å². The van der Waals surface area contributed by atoms with Crippen molar-refractivity contribution in [1.29, 1.82) is 0 Å². The van der Waals surface area contributed by atoms with Crippen LogP contribution >= 0.6 is 0 Å². The second-order valence-corrected chi connectivity index (χ2v) is 15.6. The van der Waals surface area contributed by atoms with Gasteiger partial charge in [0, 0.05) is 28.4 Å². The van der Waals surface area contributed by atoms with Crippen molar-refractivity contribution in [3.8, 4) is 66.8 Å². The van der Waals surface area contributed by atoms with E-state index in [0.717, 1.165) is 6.42 Å². The molecule has 0 heterocycles. The molecule has 3 aliphatic carbocycles. The molecule has 10 rings (SSSR count). The molecule has 0 amide bonds. The Morgan fingerprint density at radius 3 is 1.57 bits per heavy atom. The van der Waals surface area contributed by atoms with Crippen LogP contribution in [0.4, 0.5) is 11.4 Å². The van der Waals surface area contributed by atoms with Gasteiger partial charge in [0.05, 0.1) is 5.69 Å². The van der Waals surface area contributed by atoms with E-state index in [-0.39, 0.29) is 0 Å². The first-order valence-corrected chi connectivity index (χ1v) is 20.6. The molecule has 7 aromatic rings. The van der Waals surface area contributed by atoms with Crippen LogP contribution in [-0.4, -0.2) is 0 Å². The van der Waals surface area contributed by atoms with Crippen molar-refractivity contribution < 1.29 is 0 Å².